The molecule has 1 N–H and O–H groups in total. The van der Waals surface area contributed by atoms with Crippen molar-refractivity contribution in [3.05, 3.63) is 24.4 Å². The molecule has 0 aliphatic carbocycles. The molecule has 0 aromatic rings. The molecule has 0 saturated carbocycles. The van der Waals surface area contributed by atoms with Gasteiger partial charge in [0.1, 0.15) is 0 Å². The van der Waals surface area contributed by atoms with Crippen LogP contribution in [0.25, 0.3) is 0 Å². The molecule has 0 amide bonds. The van der Waals surface area contributed by atoms with Gasteiger partial charge in [-0.25, -0.2) is 0 Å². The quantitative estimate of drug-likeness (QED) is 0.539. The van der Waals surface area contributed by atoms with Gasteiger partial charge in [0.15, 0.2) is 0 Å². The van der Waals surface area contributed by atoms with Gasteiger partial charge in [-0.15, -0.1) is 0 Å². The van der Waals surface area contributed by atoms with Gasteiger partial charge >= 0.3 is 0 Å². The van der Waals surface area contributed by atoms with Crippen LogP contribution in [0.15, 0.2) is 24.4 Å². The molecule has 0 spiro atoms. The van der Waals surface area contributed by atoms with Crippen LogP contribution in [0.1, 0.15) is 20.8 Å². The fourth-order valence-corrected chi connectivity index (χ4v) is 1.01. The van der Waals surface area contributed by atoms with Gasteiger partial charge in [-0.2, -0.15) is 0 Å². The van der Waals surface area contributed by atoms with E-state index in [0.717, 1.165) is 5.70 Å². The van der Waals surface area contributed by atoms with Gasteiger partial charge in [0.25, 0.3) is 0 Å². The summed E-state index contributed by atoms with van der Waals surface area (Å²) in [6.07, 6.45) is 4.21. The van der Waals surface area contributed by atoms with Gasteiger partial charge < -0.3 is 5.32 Å². The fraction of sp³-hybridized carbons (Fsp3) is 0.556. The lowest BCUT2D eigenvalue weighted by molar-refractivity contribution is 0.340. The Balaban J connectivity index is 2.63. The van der Waals surface area contributed by atoms with Crippen molar-refractivity contribution in [3.8, 4) is 0 Å². The SMILES string of the molecule is C=C1C=CC(C(C)(C)C)N1. The predicted octanol–water partition coefficient (Wildman–Crippen LogP) is 2.07. The Kier molecular flexibility index (Phi) is 1.59. The molecule has 10 heavy (non-hydrogen) atoms. The molecule has 0 saturated heterocycles. The van der Waals surface area contributed by atoms with Crippen molar-refractivity contribution in [1.29, 1.82) is 0 Å². The molecule has 56 valence electrons. The molecule has 1 aliphatic rings. The zero-order valence-electron chi connectivity index (χ0n) is 6.94. The molecule has 1 aliphatic heterocycles. The highest BCUT2D eigenvalue weighted by molar-refractivity contribution is 5.24. The molecule has 0 bridgehead atoms. The van der Waals surface area contributed by atoms with Gasteiger partial charge in [-0.1, -0.05) is 33.4 Å². The first-order valence-electron chi connectivity index (χ1n) is 3.64. The first-order chi connectivity index (χ1) is 4.50. The lowest BCUT2D eigenvalue weighted by Crippen LogP contribution is -2.34. The van der Waals surface area contributed by atoms with Crippen LogP contribution in [-0.2, 0) is 0 Å². The molecule has 1 atom stereocenters. The van der Waals surface area contributed by atoms with Crippen LogP contribution >= 0.6 is 0 Å². The summed E-state index contributed by atoms with van der Waals surface area (Å²) in [7, 11) is 0. The largest absolute Gasteiger partial charge is 0.379 e. The van der Waals surface area contributed by atoms with E-state index < -0.39 is 0 Å². The van der Waals surface area contributed by atoms with E-state index in [-0.39, 0.29) is 0 Å². The van der Waals surface area contributed by atoms with Crippen molar-refractivity contribution in [2.24, 2.45) is 5.41 Å². The lowest BCUT2D eigenvalue weighted by atomic mass is 9.88. The van der Waals surface area contributed by atoms with Crippen LogP contribution in [0.4, 0.5) is 0 Å². The Hall–Kier alpha value is -0.720. The maximum absolute atomic E-state index is 3.82. The topological polar surface area (TPSA) is 12.0 Å². The van der Waals surface area contributed by atoms with Crippen LogP contribution < -0.4 is 5.32 Å². The van der Waals surface area contributed by atoms with Crippen molar-refractivity contribution in [3.63, 3.8) is 0 Å². The van der Waals surface area contributed by atoms with Crippen LogP contribution in [0.3, 0.4) is 0 Å². The lowest BCUT2D eigenvalue weighted by Gasteiger charge is -2.26. The number of allylic oxidation sites excluding steroid dienone is 1. The first kappa shape index (κ1) is 7.39. The number of hydrogen-bond donors (Lipinski definition) is 1. The van der Waals surface area contributed by atoms with E-state index in [1.165, 1.54) is 0 Å². The van der Waals surface area contributed by atoms with E-state index in [0.29, 0.717) is 11.5 Å². The van der Waals surface area contributed by atoms with E-state index >= 15 is 0 Å². The minimum absolute atomic E-state index is 0.302. The van der Waals surface area contributed by atoms with Crippen molar-refractivity contribution in [1.82, 2.24) is 5.32 Å². The van der Waals surface area contributed by atoms with Gasteiger partial charge in [0.05, 0.1) is 0 Å². The van der Waals surface area contributed by atoms with Crippen LogP contribution in [0.2, 0.25) is 0 Å². The molecular formula is C9H15N. The van der Waals surface area contributed by atoms with Crippen molar-refractivity contribution >= 4 is 0 Å². The molecule has 1 nitrogen and oxygen atoms in total. The highest BCUT2D eigenvalue weighted by atomic mass is 14.9. The summed E-state index contributed by atoms with van der Waals surface area (Å²) in [6, 6.07) is 0.458. The molecule has 0 aromatic carbocycles. The summed E-state index contributed by atoms with van der Waals surface area (Å²) in [5.41, 5.74) is 1.33. The van der Waals surface area contributed by atoms with E-state index in [9.17, 15) is 0 Å². The summed E-state index contributed by atoms with van der Waals surface area (Å²) in [5.74, 6) is 0. The van der Waals surface area contributed by atoms with Crippen molar-refractivity contribution in [2.45, 2.75) is 26.8 Å². The molecule has 0 fully saturated rings. The average Bonchev–Trinajstić information content (AvgIpc) is 2.11. The van der Waals surface area contributed by atoms with Gasteiger partial charge in [-0.3, -0.25) is 0 Å². The molecule has 1 heterocycles. The fourth-order valence-electron chi connectivity index (χ4n) is 1.01. The summed E-state index contributed by atoms with van der Waals surface area (Å²) in [5, 5.41) is 3.29. The van der Waals surface area contributed by atoms with E-state index in [4.69, 9.17) is 0 Å². The second-order valence-corrected chi connectivity index (χ2v) is 3.87. The predicted molar refractivity (Wildman–Crippen MR) is 44.7 cm³/mol. The molecule has 0 aromatic heterocycles. The zero-order valence-corrected chi connectivity index (χ0v) is 6.94. The van der Waals surface area contributed by atoms with Crippen molar-refractivity contribution < 1.29 is 0 Å². The van der Waals surface area contributed by atoms with Crippen molar-refractivity contribution in [2.75, 3.05) is 0 Å². The van der Waals surface area contributed by atoms with Crippen LogP contribution in [0.5, 0.6) is 0 Å². The minimum Gasteiger partial charge on any atom is -0.379 e. The van der Waals surface area contributed by atoms with Crippen LogP contribution in [-0.4, -0.2) is 6.04 Å². The summed E-state index contributed by atoms with van der Waals surface area (Å²) in [6.45, 7) is 10.5. The van der Waals surface area contributed by atoms with Gasteiger partial charge in [0, 0.05) is 11.7 Å². The van der Waals surface area contributed by atoms with E-state index in [1.807, 2.05) is 6.08 Å². The standard InChI is InChI=1S/C9H15N/c1-7-5-6-8(10-7)9(2,3)4/h5-6,8,10H,1H2,2-4H3. The maximum atomic E-state index is 3.82. The third-order valence-corrected chi connectivity index (χ3v) is 1.76. The smallest absolute Gasteiger partial charge is 0.0496 e. The Morgan fingerprint density at radius 1 is 1.50 bits per heavy atom. The number of rotatable bonds is 0. The normalized spacial score (nSPS) is 25.1. The monoisotopic (exact) mass is 137 g/mol. The average molecular weight is 137 g/mol. The maximum Gasteiger partial charge on any atom is 0.0496 e. The molecular weight excluding hydrogens is 122 g/mol. The Labute approximate surface area is 62.8 Å². The highest BCUT2D eigenvalue weighted by Crippen LogP contribution is 2.24. The van der Waals surface area contributed by atoms with Gasteiger partial charge in [0.2, 0.25) is 0 Å². The van der Waals surface area contributed by atoms with E-state index in [2.05, 4.69) is 38.7 Å². The summed E-state index contributed by atoms with van der Waals surface area (Å²) >= 11 is 0. The summed E-state index contributed by atoms with van der Waals surface area (Å²) in [4.78, 5) is 0. The molecule has 1 rings (SSSR count). The Morgan fingerprint density at radius 2 is 2.10 bits per heavy atom. The van der Waals surface area contributed by atoms with Crippen LogP contribution in [0, 0.1) is 5.41 Å². The zero-order chi connectivity index (χ0) is 7.78. The molecule has 0 radical (unpaired) electrons. The molecule has 1 heteroatoms. The third kappa shape index (κ3) is 1.41. The Morgan fingerprint density at radius 3 is 2.30 bits per heavy atom. The second-order valence-electron chi connectivity index (χ2n) is 3.87. The van der Waals surface area contributed by atoms with E-state index in [1.54, 1.807) is 0 Å². The number of nitrogens with one attached hydrogen (secondary N) is 1. The third-order valence-electron chi connectivity index (χ3n) is 1.76. The Bertz CT molecular complexity index is 172. The number of hydrogen-bond acceptors (Lipinski definition) is 1. The molecule has 1 unspecified atom stereocenters. The highest BCUT2D eigenvalue weighted by Gasteiger charge is 2.24. The summed E-state index contributed by atoms with van der Waals surface area (Å²) < 4.78 is 0. The minimum atomic E-state index is 0.302. The van der Waals surface area contributed by atoms with Gasteiger partial charge in [-0.05, 0) is 11.5 Å². The second kappa shape index (κ2) is 2.15. The first-order valence-corrected chi connectivity index (χ1v) is 3.64.